The first-order valence-electron chi connectivity index (χ1n) is 9.68. The molecule has 0 bridgehead atoms. The molecule has 4 rings (SSSR count). The summed E-state index contributed by atoms with van der Waals surface area (Å²) in [6.07, 6.45) is 2.14. The summed E-state index contributed by atoms with van der Waals surface area (Å²) in [5.41, 5.74) is 4.69. The number of nitrogens with one attached hydrogen (secondary N) is 1. The summed E-state index contributed by atoms with van der Waals surface area (Å²) in [7, 11) is 0. The Balaban J connectivity index is 1.64. The lowest BCUT2D eigenvalue weighted by Gasteiger charge is -2.39. The highest BCUT2D eigenvalue weighted by Gasteiger charge is 2.30. The standard InChI is InChI=1S/C23H25N3OS/c1-3-27-20-11-9-18(10-12-20)22-21-8-5-13-25(21)14-15-26(22)23(28)24-19-7-4-6-17(2)16-19/h4-13,16,22H,3,14-15H2,1-2H3,(H,24,28)/t22-/m0/s1. The van der Waals surface area contributed by atoms with Crippen molar-refractivity contribution in [3.8, 4) is 5.75 Å². The number of rotatable bonds is 4. The number of aryl methyl sites for hydroxylation is 1. The number of hydrogen-bond acceptors (Lipinski definition) is 2. The van der Waals surface area contributed by atoms with Gasteiger partial charge in [0, 0.05) is 30.7 Å². The maximum absolute atomic E-state index is 5.83. The van der Waals surface area contributed by atoms with Crippen LogP contribution in [0.15, 0.2) is 66.9 Å². The van der Waals surface area contributed by atoms with Crippen molar-refractivity contribution in [2.24, 2.45) is 0 Å². The molecule has 2 heterocycles. The number of benzene rings is 2. The number of anilines is 1. The Labute approximate surface area is 171 Å². The average Bonchev–Trinajstić information content (AvgIpc) is 3.17. The minimum Gasteiger partial charge on any atom is -0.494 e. The molecule has 144 valence electrons. The van der Waals surface area contributed by atoms with Gasteiger partial charge in [0.25, 0.3) is 0 Å². The van der Waals surface area contributed by atoms with E-state index in [0.717, 1.165) is 29.6 Å². The van der Waals surface area contributed by atoms with Gasteiger partial charge in [0.1, 0.15) is 5.75 Å². The molecular formula is C23H25N3OS. The molecule has 0 saturated carbocycles. The van der Waals surface area contributed by atoms with E-state index in [1.807, 2.05) is 25.1 Å². The fraction of sp³-hybridized carbons (Fsp3) is 0.261. The molecule has 0 radical (unpaired) electrons. The highest BCUT2D eigenvalue weighted by Crippen LogP contribution is 2.33. The molecule has 5 heteroatoms. The molecule has 28 heavy (non-hydrogen) atoms. The molecule has 0 aliphatic carbocycles. The summed E-state index contributed by atoms with van der Waals surface area (Å²) >= 11 is 5.83. The van der Waals surface area contributed by atoms with Crippen LogP contribution in [-0.2, 0) is 6.54 Å². The maximum atomic E-state index is 5.83. The first-order valence-corrected chi connectivity index (χ1v) is 10.1. The summed E-state index contributed by atoms with van der Waals surface area (Å²) in [5.74, 6) is 0.893. The van der Waals surface area contributed by atoms with Crippen LogP contribution in [0.4, 0.5) is 5.69 Å². The maximum Gasteiger partial charge on any atom is 0.174 e. The molecule has 1 aliphatic heterocycles. The molecular weight excluding hydrogens is 366 g/mol. The van der Waals surface area contributed by atoms with Crippen LogP contribution in [0, 0.1) is 6.92 Å². The van der Waals surface area contributed by atoms with Gasteiger partial charge in [0.15, 0.2) is 5.11 Å². The zero-order valence-electron chi connectivity index (χ0n) is 16.3. The molecule has 0 unspecified atom stereocenters. The van der Waals surface area contributed by atoms with Crippen molar-refractivity contribution in [1.29, 1.82) is 0 Å². The normalized spacial score (nSPS) is 15.8. The van der Waals surface area contributed by atoms with Crippen LogP contribution in [0.5, 0.6) is 5.75 Å². The van der Waals surface area contributed by atoms with Crippen molar-refractivity contribution >= 4 is 23.0 Å². The molecule has 0 amide bonds. The van der Waals surface area contributed by atoms with Gasteiger partial charge in [0.05, 0.1) is 12.6 Å². The van der Waals surface area contributed by atoms with Crippen molar-refractivity contribution in [2.45, 2.75) is 26.4 Å². The lowest BCUT2D eigenvalue weighted by Crippen LogP contribution is -2.44. The number of aromatic nitrogens is 1. The van der Waals surface area contributed by atoms with Crippen LogP contribution in [0.3, 0.4) is 0 Å². The van der Waals surface area contributed by atoms with Crippen molar-refractivity contribution in [3.05, 3.63) is 83.7 Å². The van der Waals surface area contributed by atoms with Gasteiger partial charge in [-0.1, -0.05) is 24.3 Å². The van der Waals surface area contributed by atoms with Crippen molar-refractivity contribution < 1.29 is 4.74 Å². The predicted molar refractivity (Wildman–Crippen MR) is 118 cm³/mol. The minimum atomic E-state index is 0.0734. The molecule has 1 N–H and O–H groups in total. The van der Waals surface area contributed by atoms with Crippen molar-refractivity contribution in [1.82, 2.24) is 9.47 Å². The number of fused-ring (bicyclic) bond motifs is 1. The van der Waals surface area contributed by atoms with E-state index in [4.69, 9.17) is 17.0 Å². The summed E-state index contributed by atoms with van der Waals surface area (Å²) < 4.78 is 7.92. The second-order valence-electron chi connectivity index (χ2n) is 7.02. The van der Waals surface area contributed by atoms with Gasteiger partial charge in [-0.15, -0.1) is 0 Å². The Morgan fingerprint density at radius 2 is 1.93 bits per heavy atom. The first-order chi connectivity index (χ1) is 13.7. The Bertz CT molecular complexity index is 964. The van der Waals surface area contributed by atoms with Gasteiger partial charge >= 0.3 is 0 Å². The second kappa shape index (κ2) is 8.07. The molecule has 2 aromatic carbocycles. The van der Waals surface area contributed by atoms with E-state index in [9.17, 15) is 0 Å². The lowest BCUT2D eigenvalue weighted by atomic mass is 10.00. The largest absolute Gasteiger partial charge is 0.494 e. The molecule has 3 aromatic rings. The van der Waals surface area contributed by atoms with Gasteiger partial charge in [-0.2, -0.15) is 0 Å². The third-order valence-electron chi connectivity index (χ3n) is 5.08. The molecule has 1 atom stereocenters. The molecule has 0 fully saturated rings. The second-order valence-corrected chi connectivity index (χ2v) is 7.41. The van der Waals surface area contributed by atoms with Gasteiger partial charge in [-0.3, -0.25) is 0 Å². The molecule has 4 nitrogen and oxygen atoms in total. The summed E-state index contributed by atoms with van der Waals surface area (Å²) in [6, 6.07) is 21.0. The molecule has 0 spiro atoms. The Morgan fingerprint density at radius 3 is 2.68 bits per heavy atom. The number of hydrogen-bond donors (Lipinski definition) is 1. The van der Waals surface area contributed by atoms with Gasteiger partial charge in [-0.25, -0.2) is 0 Å². The van der Waals surface area contributed by atoms with Crippen LogP contribution in [-0.4, -0.2) is 27.7 Å². The minimum absolute atomic E-state index is 0.0734. The molecule has 1 aromatic heterocycles. The van der Waals surface area contributed by atoms with E-state index in [1.54, 1.807) is 0 Å². The monoisotopic (exact) mass is 391 g/mol. The topological polar surface area (TPSA) is 29.4 Å². The van der Waals surface area contributed by atoms with E-state index < -0.39 is 0 Å². The smallest absolute Gasteiger partial charge is 0.174 e. The zero-order chi connectivity index (χ0) is 19.5. The van der Waals surface area contributed by atoms with Crippen LogP contribution >= 0.6 is 12.2 Å². The van der Waals surface area contributed by atoms with E-state index in [1.165, 1.54) is 16.8 Å². The number of thiocarbonyl (C=S) groups is 1. The Morgan fingerprint density at radius 1 is 1.11 bits per heavy atom. The van der Waals surface area contributed by atoms with E-state index in [-0.39, 0.29) is 6.04 Å². The average molecular weight is 392 g/mol. The van der Waals surface area contributed by atoms with E-state index >= 15 is 0 Å². The quantitative estimate of drug-likeness (QED) is 0.634. The van der Waals surface area contributed by atoms with E-state index in [0.29, 0.717) is 6.61 Å². The van der Waals surface area contributed by atoms with Crippen LogP contribution < -0.4 is 10.1 Å². The Hall–Kier alpha value is -2.79. The summed E-state index contributed by atoms with van der Waals surface area (Å²) in [4.78, 5) is 2.28. The van der Waals surface area contributed by atoms with Crippen LogP contribution in [0.1, 0.15) is 29.8 Å². The van der Waals surface area contributed by atoms with Crippen molar-refractivity contribution in [3.63, 3.8) is 0 Å². The molecule has 1 aliphatic rings. The van der Waals surface area contributed by atoms with Crippen LogP contribution in [0.2, 0.25) is 0 Å². The van der Waals surface area contributed by atoms with E-state index in [2.05, 4.69) is 70.4 Å². The van der Waals surface area contributed by atoms with Crippen LogP contribution in [0.25, 0.3) is 0 Å². The van der Waals surface area contributed by atoms with Gasteiger partial charge in [0.2, 0.25) is 0 Å². The summed E-state index contributed by atoms with van der Waals surface area (Å²) in [6.45, 7) is 6.54. The third-order valence-corrected chi connectivity index (χ3v) is 5.41. The fourth-order valence-corrected chi connectivity index (χ4v) is 4.10. The van der Waals surface area contributed by atoms with Crippen molar-refractivity contribution in [2.75, 3.05) is 18.5 Å². The highest BCUT2D eigenvalue weighted by molar-refractivity contribution is 7.80. The third kappa shape index (κ3) is 3.76. The fourth-order valence-electron chi connectivity index (χ4n) is 3.78. The van der Waals surface area contributed by atoms with Gasteiger partial charge in [-0.05, 0) is 73.6 Å². The predicted octanol–water partition coefficient (Wildman–Crippen LogP) is 5.00. The zero-order valence-corrected chi connectivity index (χ0v) is 17.1. The number of nitrogens with zero attached hydrogens (tertiary/aromatic N) is 2. The summed E-state index contributed by atoms with van der Waals surface area (Å²) in [5, 5.41) is 4.18. The van der Waals surface area contributed by atoms with Gasteiger partial charge < -0.3 is 19.5 Å². The SMILES string of the molecule is CCOc1ccc([C@H]2c3cccn3CCN2C(=S)Nc2cccc(C)c2)cc1. The Kier molecular flexibility index (Phi) is 5.35. The highest BCUT2D eigenvalue weighted by atomic mass is 32.1. The lowest BCUT2D eigenvalue weighted by molar-refractivity contribution is 0.293. The first kappa shape index (κ1) is 18.6. The molecule has 0 saturated heterocycles. The number of ether oxygens (including phenoxy) is 1.